The van der Waals surface area contributed by atoms with E-state index in [1.807, 2.05) is 31.3 Å². The zero-order chi connectivity index (χ0) is 15.9. The molecule has 0 saturated heterocycles. The number of aryl methyl sites for hydroxylation is 1. The fraction of sp³-hybridized carbons (Fsp3) is 0.529. The number of nitrogens with zero attached hydrogens (tertiary/aromatic N) is 1. The molecule has 1 amide bonds. The van der Waals surface area contributed by atoms with Crippen LogP contribution in [0, 0.1) is 0 Å². The van der Waals surface area contributed by atoms with Crippen molar-refractivity contribution in [3.63, 3.8) is 0 Å². The molecule has 0 atom stereocenters. The summed E-state index contributed by atoms with van der Waals surface area (Å²) in [5.41, 5.74) is 1.84. The van der Waals surface area contributed by atoms with E-state index in [1.54, 1.807) is 6.92 Å². The van der Waals surface area contributed by atoms with E-state index in [-0.39, 0.29) is 11.9 Å². The van der Waals surface area contributed by atoms with Gasteiger partial charge in [-0.3, -0.25) is 14.5 Å². The summed E-state index contributed by atoms with van der Waals surface area (Å²) >= 11 is 0. The number of esters is 1. The average molecular weight is 304 g/mol. The molecule has 22 heavy (non-hydrogen) atoms. The molecule has 120 valence electrons. The number of amides is 1. The summed E-state index contributed by atoms with van der Waals surface area (Å²) in [6.45, 7) is 2.64. The largest absolute Gasteiger partial charge is 0.466 e. The van der Waals surface area contributed by atoms with E-state index < -0.39 is 0 Å². The number of ether oxygens (including phenoxy) is 1. The third kappa shape index (κ3) is 5.48. The van der Waals surface area contributed by atoms with Crippen molar-refractivity contribution in [3.8, 4) is 0 Å². The number of benzene rings is 1. The molecule has 0 aliphatic heterocycles. The molecule has 5 heteroatoms. The van der Waals surface area contributed by atoms with E-state index in [0.29, 0.717) is 32.0 Å². The number of rotatable bonds is 8. The second-order valence-corrected chi connectivity index (χ2v) is 5.70. The van der Waals surface area contributed by atoms with Crippen LogP contribution in [0.5, 0.6) is 0 Å². The van der Waals surface area contributed by atoms with Crippen molar-refractivity contribution in [1.82, 2.24) is 4.90 Å². The van der Waals surface area contributed by atoms with Crippen molar-refractivity contribution in [2.75, 3.05) is 25.5 Å². The Morgan fingerprint density at radius 1 is 1.27 bits per heavy atom. The van der Waals surface area contributed by atoms with Gasteiger partial charge in [0.2, 0.25) is 5.91 Å². The van der Waals surface area contributed by atoms with Crippen molar-refractivity contribution >= 4 is 17.6 Å². The number of nitrogens with one attached hydrogen (secondary N) is 1. The Morgan fingerprint density at radius 2 is 1.95 bits per heavy atom. The summed E-state index contributed by atoms with van der Waals surface area (Å²) in [4.78, 5) is 25.3. The van der Waals surface area contributed by atoms with Crippen LogP contribution < -0.4 is 5.32 Å². The van der Waals surface area contributed by atoms with Gasteiger partial charge in [0.05, 0.1) is 13.2 Å². The van der Waals surface area contributed by atoms with Gasteiger partial charge in [0, 0.05) is 18.2 Å². The summed E-state index contributed by atoms with van der Waals surface area (Å²) in [6, 6.07) is 8.18. The van der Waals surface area contributed by atoms with Crippen LogP contribution in [0.1, 0.15) is 31.7 Å². The maximum atomic E-state index is 11.9. The van der Waals surface area contributed by atoms with Crippen molar-refractivity contribution < 1.29 is 14.3 Å². The molecule has 2 rings (SSSR count). The highest BCUT2D eigenvalue weighted by molar-refractivity contribution is 5.92. The molecule has 0 bridgehead atoms. The number of anilines is 1. The van der Waals surface area contributed by atoms with E-state index in [0.717, 1.165) is 11.3 Å². The van der Waals surface area contributed by atoms with Crippen LogP contribution >= 0.6 is 0 Å². The first-order chi connectivity index (χ1) is 10.6. The fourth-order valence-electron chi connectivity index (χ4n) is 2.31. The lowest BCUT2D eigenvalue weighted by Crippen LogP contribution is -2.31. The first kappa shape index (κ1) is 16.5. The summed E-state index contributed by atoms with van der Waals surface area (Å²) in [5.74, 6) is -0.170. The van der Waals surface area contributed by atoms with Crippen molar-refractivity contribution in [3.05, 3.63) is 29.8 Å². The fourth-order valence-corrected chi connectivity index (χ4v) is 2.31. The number of hydrogen-bond donors (Lipinski definition) is 1. The van der Waals surface area contributed by atoms with Crippen LogP contribution in [0.2, 0.25) is 0 Å². The molecule has 1 aromatic carbocycles. The molecule has 0 heterocycles. The van der Waals surface area contributed by atoms with Crippen molar-refractivity contribution in [2.24, 2.45) is 0 Å². The van der Waals surface area contributed by atoms with Crippen molar-refractivity contribution in [1.29, 1.82) is 0 Å². The van der Waals surface area contributed by atoms with Crippen LogP contribution in [0.25, 0.3) is 0 Å². The maximum Gasteiger partial charge on any atom is 0.306 e. The van der Waals surface area contributed by atoms with Crippen LogP contribution in [-0.4, -0.2) is 43.0 Å². The summed E-state index contributed by atoms with van der Waals surface area (Å²) in [7, 11) is 1.98. The molecule has 1 fully saturated rings. The average Bonchev–Trinajstić information content (AvgIpc) is 3.31. The van der Waals surface area contributed by atoms with Gasteiger partial charge in [0.1, 0.15) is 0 Å². The van der Waals surface area contributed by atoms with Crippen molar-refractivity contribution in [2.45, 2.75) is 38.6 Å². The Labute approximate surface area is 131 Å². The summed E-state index contributed by atoms with van der Waals surface area (Å²) in [6.07, 6.45) is 3.42. The SMILES string of the molecule is CCOC(=O)CCc1ccc(NC(=O)CN(C)C2CC2)cc1. The molecular weight excluding hydrogens is 280 g/mol. The monoisotopic (exact) mass is 304 g/mol. The lowest BCUT2D eigenvalue weighted by atomic mass is 10.1. The van der Waals surface area contributed by atoms with E-state index in [4.69, 9.17) is 4.74 Å². The minimum absolute atomic E-state index is 0.00803. The number of likely N-dealkylation sites (N-methyl/N-ethyl adjacent to an activating group) is 1. The predicted octanol–water partition coefficient (Wildman–Crippen LogP) is 2.21. The van der Waals surface area contributed by atoms with Gasteiger partial charge in [0.15, 0.2) is 0 Å². The van der Waals surface area contributed by atoms with Gasteiger partial charge >= 0.3 is 5.97 Å². The molecule has 0 radical (unpaired) electrons. The van der Waals surface area contributed by atoms with Gasteiger partial charge in [-0.1, -0.05) is 12.1 Å². The first-order valence-corrected chi connectivity index (χ1v) is 7.83. The molecule has 1 aliphatic carbocycles. The first-order valence-electron chi connectivity index (χ1n) is 7.83. The molecule has 5 nitrogen and oxygen atoms in total. The van der Waals surface area contributed by atoms with E-state index in [1.165, 1.54) is 12.8 Å². The Kier molecular flexibility index (Phi) is 5.95. The Hall–Kier alpha value is -1.88. The van der Waals surface area contributed by atoms with Gasteiger partial charge in [-0.2, -0.15) is 0 Å². The van der Waals surface area contributed by atoms with Crippen LogP contribution in [0.4, 0.5) is 5.69 Å². The maximum absolute atomic E-state index is 11.9. The molecule has 0 aromatic heterocycles. The van der Waals surface area contributed by atoms with Gasteiger partial charge in [0.25, 0.3) is 0 Å². The molecule has 0 unspecified atom stereocenters. The standard InChI is InChI=1S/C17H24N2O3/c1-3-22-17(21)11-6-13-4-7-14(8-5-13)18-16(20)12-19(2)15-9-10-15/h4-5,7-8,15H,3,6,9-12H2,1-2H3,(H,18,20). The second kappa shape index (κ2) is 7.94. The topological polar surface area (TPSA) is 58.6 Å². The summed E-state index contributed by atoms with van der Waals surface area (Å²) < 4.78 is 4.90. The van der Waals surface area contributed by atoms with Crippen LogP contribution in [0.3, 0.4) is 0 Å². The Morgan fingerprint density at radius 3 is 2.55 bits per heavy atom. The van der Waals surface area contributed by atoms with E-state index in [9.17, 15) is 9.59 Å². The van der Waals surface area contributed by atoms with Crippen LogP contribution in [-0.2, 0) is 20.7 Å². The lowest BCUT2D eigenvalue weighted by Gasteiger charge is -2.15. The number of hydrogen-bond acceptors (Lipinski definition) is 4. The minimum atomic E-state index is -0.178. The van der Waals surface area contributed by atoms with Gasteiger partial charge in [-0.05, 0) is 50.9 Å². The molecule has 1 aromatic rings. The molecule has 1 aliphatic rings. The second-order valence-electron chi connectivity index (χ2n) is 5.70. The molecule has 1 saturated carbocycles. The predicted molar refractivity (Wildman–Crippen MR) is 85.7 cm³/mol. The Balaban J connectivity index is 1.75. The molecule has 1 N–H and O–H groups in total. The highest BCUT2D eigenvalue weighted by Crippen LogP contribution is 2.24. The van der Waals surface area contributed by atoms with Gasteiger partial charge in [-0.25, -0.2) is 0 Å². The van der Waals surface area contributed by atoms with E-state index >= 15 is 0 Å². The third-order valence-electron chi connectivity index (χ3n) is 3.72. The molecule has 0 spiro atoms. The van der Waals surface area contributed by atoms with Gasteiger partial charge < -0.3 is 10.1 Å². The number of carbonyl (C=O) groups excluding carboxylic acids is 2. The highest BCUT2D eigenvalue weighted by atomic mass is 16.5. The summed E-state index contributed by atoms with van der Waals surface area (Å²) in [5, 5.41) is 2.90. The smallest absolute Gasteiger partial charge is 0.306 e. The quantitative estimate of drug-likeness (QED) is 0.748. The lowest BCUT2D eigenvalue weighted by molar-refractivity contribution is -0.143. The zero-order valence-corrected chi connectivity index (χ0v) is 13.3. The Bertz CT molecular complexity index is 509. The third-order valence-corrected chi connectivity index (χ3v) is 3.72. The minimum Gasteiger partial charge on any atom is -0.466 e. The highest BCUT2D eigenvalue weighted by Gasteiger charge is 2.27. The van der Waals surface area contributed by atoms with E-state index in [2.05, 4.69) is 10.2 Å². The zero-order valence-electron chi connectivity index (χ0n) is 13.3. The van der Waals surface area contributed by atoms with Crippen LogP contribution in [0.15, 0.2) is 24.3 Å². The normalized spacial score (nSPS) is 14.0. The van der Waals surface area contributed by atoms with Gasteiger partial charge in [-0.15, -0.1) is 0 Å². The number of carbonyl (C=O) groups is 2. The molecular formula is C17H24N2O3.